The first-order valence-corrected chi connectivity index (χ1v) is 18.1. The number of hydrogen-bond acceptors (Lipinski definition) is 0. The van der Waals surface area contributed by atoms with E-state index in [1.165, 1.54) is 38.2 Å². The number of benzene rings is 2. The van der Waals surface area contributed by atoms with Gasteiger partial charge in [0.2, 0.25) is 0 Å². The molecule has 0 saturated carbocycles. The van der Waals surface area contributed by atoms with E-state index in [2.05, 4.69) is 115 Å². The molecule has 3 heteroatoms. The van der Waals surface area contributed by atoms with Crippen LogP contribution in [0.4, 0.5) is 0 Å². The quantitative estimate of drug-likeness (QED) is 0.218. The maximum absolute atomic E-state index is 4.93. The summed E-state index contributed by atoms with van der Waals surface area (Å²) in [6.45, 7) is 19.0. The molecule has 0 N–H and O–H groups in total. The first-order valence-electron chi connectivity index (χ1n) is 11.8. The third-order valence-electron chi connectivity index (χ3n) is 5.46. The van der Waals surface area contributed by atoms with Gasteiger partial charge >= 0.3 is 37.9 Å². The van der Waals surface area contributed by atoms with Crippen LogP contribution in [0.2, 0.25) is 0 Å². The van der Waals surface area contributed by atoms with E-state index in [4.69, 9.17) is 17.0 Å². The van der Waals surface area contributed by atoms with Crippen molar-refractivity contribution >= 4 is 38.6 Å². The molecule has 33 heavy (non-hydrogen) atoms. The van der Waals surface area contributed by atoms with Gasteiger partial charge in [-0.15, -0.1) is 57.4 Å². The van der Waals surface area contributed by atoms with Gasteiger partial charge in [0.25, 0.3) is 0 Å². The van der Waals surface area contributed by atoms with Crippen molar-refractivity contribution in [2.75, 3.05) is 0 Å². The van der Waals surface area contributed by atoms with Gasteiger partial charge in [0, 0.05) is 0 Å². The summed E-state index contributed by atoms with van der Waals surface area (Å²) in [4.78, 5) is 0. The van der Waals surface area contributed by atoms with Crippen molar-refractivity contribution < 1.29 is 20.8 Å². The Morgan fingerprint density at radius 3 is 1.73 bits per heavy atom. The molecule has 0 unspecified atom stereocenters. The van der Waals surface area contributed by atoms with Crippen LogP contribution in [0.3, 0.4) is 0 Å². The number of fused-ring (bicyclic) bond motifs is 2. The summed E-state index contributed by atoms with van der Waals surface area (Å²) < 4.78 is 0. The van der Waals surface area contributed by atoms with Crippen LogP contribution < -0.4 is 0 Å². The summed E-state index contributed by atoms with van der Waals surface area (Å²) >= 11 is -0.826. The Morgan fingerprint density at radius 1 is 0.727 bits per heavy atom. The van der Waals surface area contributed by atoms with Crippen LogP contribution in [-0.4, -0.2) is 0 Å². The normalized spacial score (nSPS) is 10.5. The zero-order chi connectivity index (χ0) is 25.0. The van der Waals surface area contributed by atoms with Crippen LogP contribution >= 0.6 is 17.0 Å². The molecule has 0 amide bonds. The molecule has 0 aliphatic rings. The molecule has 0 heterocycles. The van der Waals surface area contributed by atoms with Gasteiger partial charge < -0.3 is 6.92 Å². The summed E-state index contributed by atoms with van der Waals surface area (Å²) in [7, 11) is 9.87. The summed E-state index contributed by atoms with van der Waals surface area (Å²) in [6.07, 6.45) is 1.00. The molecule has 0 aromatic heterocycles. The van der Waals surface area contributed by atoms with Crippen molar-refractivity contribution in [1.82, 2.24) is 0 Å². The van der Waals surface area contributed by atoms with E-state index in [1.807, 2.05) is 6.92 Å². The average Bonchev–Trinajstić information content (AvgIpc) is 3.43. The molecular weight excluding hydrogens is 522 g/mol. The molecule has 180 valence electrons. The molecule has 4 rings (SSSR count). The Balaban J connectivity index is 0.000000271. The second kappa shape index (κ2) is 15.9. The molecule has 0 radical (unpaired) electrons. The van der Waals surface area contributed by atoms with Crippen LogP contribution in [0.15, 0.2) is 66.7 Å². The van der Waals surface area contributed by atoms with Gasteiger partial charge in [0.15, 0.2) is 0 Å². The van der Waals surface area contributed by atoms with Gasteiger partial charge in [-0.25, -0.2) is 0 Å². The van der Waals surface area contributed by atoms with Crippen LogP contribution in [0.5, 0.6) is 0 Å². The third kappa shape index (κ3) is 9.01. The zero-order valence-electron chi connectivity index (χ0n) is 21.3. The fourth-order valence-corrected chi connectivity index (χ4v) is 3.98. The second-order valence-electron chi connectivity index (χ2n) is 9.01. The number of rotatable bonds is 3. The van der Waals surface area contributed by atoms with E-state index < -0.39 is 20.8 Å². The Morgan fingerprint density at radius 2 is 1.18 bits per heavy atom. The van der Waals surface area contributed by atoms with Crippen LogP contribution in [0.25, 0.3) is 21.5 Å². The fourth-order valence-electron chi connectivity index (χ4n) is 3.98. The topological polar surface area (TPSA) is 0 Å². The molecule has 4 aromatic carbocycles. The van der Waals surface area contributed by atoms with E-state index >= 15 is 0 Å². The molecule has 0 fully saturated rings. The molecule has 0 spiro atoms. The number of hydrogen-bond donors (Lipinski definition) is 0. The van der Waals surface area contributed by atoms with E-state index in [0.717, 1.165) is 6.42 Å². The zero-order valence-corrected chi connectivity index (χ0v) is 25.2. The molecule has 0 aliphatic carbocycles. The van der Waals surface area contributed by atoms with Crippen LogP contribution in [-0.2, 0) is 20.8 Å². The minimum absolute atomic E-state index is 0.608. The Labute approximate surface area is 221 Å². The van der Waals surface area contributed by atoms with E-state index in [-0.39, 0.29) is 0 Å². The van der Waals surface area contributed by atoms with Crippen LogP contribution in [0, 0.1) is 6.92 Å². The van der Waals surface area contributed by atoms with Crippen LogP contribution in [0.1, 0.15) is 89.3 Å². The fraction of sp³-hybridized carbons (Fsp3) is 0.367. The predicted octanol–water partition coefficient (Wildman–Crippen LogP) is 11.1. The monoisotopic (exact) mass is 559 g/mol. The Hall–Kier alpha value is -0.877. The Kier molecular flexibility index (Phi) is 14.5. The number of halogens is 2. The van der Waals surface area contributed by atoms with Crippen molar-refractivity contribution in [2.24, 2.45) is 0 Å². The first kappa shape index (κ1) is 30.2. The summed E-state index contributed by atoms with van der Waals surface area (Å²) in [6, 6.07) is 24.3. The van der Waals surface area contributed by atoms with Crippen molar-refractivity contribution in [2.45, 2.75) is 72.6 Å². The van der Waals surface area contributed by atoms with Crippen molar-refractivity contribution in [1.29, 1.82) is 0 Å². The van der Waals surface area contributed by atoms with Crippen molar-refractivity contribution in [3.63, 3.8) is 0 Å². The summed E-state index contributed by atoms with van der Waals surface area (Å²) in [5.41, 5.74) is 4.40. The Bertz CT molecular complexity index is 1010. The maximum atomic E-state index is 4.93. The van der Waals surface area contributed by atoms with Crippen molar-refractivity contribution in [3.8, 4) is 0 Å². The van der Waals surface area contributed by atoms with Gasteiger partial charge in [-0.2, -0.15) is 30.7 Å². The minimum atomic E-state index is -0.826. The molecule has 4 aromatic rings. The van der Waals surface area contributed by atoms with E-state index in [1.54, 1.807) is 0 Å². The van der Waals surface area contributed by atoms with E-state index in [0.29, 0.717) is 17.8 Å². The summed E-state index contributed by atoms with van der Waals surface area (Å²) in [5, 5.41) is 5.65. The van der Waals surface area contributed by atoms with E-state index in [9.17, 15) is 0 Å². The molecular formula is C30H39Cl2Zr-3. The van der Waals surface area contributed by atoms with Gasteiger partial charge in [0.05, 0.1) is 0 Å². The average molecular weight is 562 g/mol. The predicted molar refractivity (Wildman–Crippen MR) is 149 cm³/mol. The molecule has 0 bridgehead atoms. The molecule has 0 aliphatic heterocycles. The van der Waals surface area contributed by atoms with Gasteiger partial charge in [0.1, 0.15) is 0 Å². The molecule has 0 saturated heterocycles. The van der Waals surface area contributed by atoms with Gasteiger partial charge in [-0.1, -0.05) is 77.6 Å². The first-order chi connectivity index (χ1) is 15.7. The SMILES string of the molecule is CC(C)c1ccc(C(C)C)c2[cH-]ccc12.CC(C)c1cccc2[cH-]ccc12.[CH2-]CC.[Cl][Zr][Cl]. The second-order valence-corrected chi connectivity index (χ2v) is 12.7. The van der Waals surface area contributed by atoms with Gasteiger partial charge in [-0.05, 0) is 11.8 Å². The van der Waals surface area contributed by atoms with Crippen molar-refractivity contribution in [3.05, 3.63) is 90.3 Å². The third-order valence-corrected chi connectivity index (χ3v) is 5.46. The molecule has 0 atom stereocenters. The summed E-state index contributed by atoms with van der Waals surface area (Å²) in [5.74, 6) is 1.84. The standard InChI is InChI=1S/C15H19.C12H13.C3H7.2ClH.Zr/c1-10(2)12-8-9-13(11(3)4)15-7-5-6-14(12)15;1-9(2)11-7-3-5-10-6-4-8-12(10)11;1-3-2;;;/h5-11H,1-4H3;3-9H,1-2H3;1,3H2,2H3;2*1H;/q3*-1;;;+2/p-2. The van der Waals surface area contributed by atoms with Gasteiger partial charge in [-0.3, -0.25) is 0 Å². The molecule has 0 nitrogen and oxygen atoms in total.